The molecule has 0 radical (unpaired) electrons. The molecule has 1 aliphatic rings. The van der Waals surface area contributed by atoms with Gasteiger partial charge in [0.25, 0.3) is 5.91 Å². The van der Waals surface area contributed by atoms with E-state index in [4.69, 9.17) is 23.2 Å². The van der Waals surface area contributed by atoms with Crippen LogP contribution in [0.2, 0.25) is 10.0 Å². The van der Waals surface area contributed by atoms with Gasteiger partial charge in [-0.1, -0.05) is 59.6 Å². The molecule has 1 aliphatic heterocycles. The Labute approximate surface area is 162 Å². The van der Waals surface area contributed by atoms with Gasteiger partial charge in [0.15, 0.2) is 0 Å². The molecule has 0 aliphatic carbocycles. The van der Waals surface area contributed by atoms with Crippen molar-refractivity contribution in [1.82, 2.24) is 15.1 Å². The lowest BCUT2D eigenvalue weighted by Gasteiger charge is -2.35. The Morgan fingerprint density at radius 3 is 2.23 bits per heavy atom. The lowest BCUT2D eigenvalue weighted by atomic mass is 10.2. The summed E-state index contributed by atoms with van der Waals surface area (Å²) in [4.78, 5) is 28.3. The SMILES string of the molecule is O=C(NCc1ccccc1)N1CCN(C(=O)c2cccc(Cl)c2Cl)CC1. The average molecular weight is 392 g/mol. The molecular weight excluding hydrogens is 373 g/mol. The molecule has 1 N–H and O–H groups in total. The van der Waals surface area contributed by atoms with Gasteiger partial charge in [0.1, 0.15) is 0 Å². The summed E-state index contributed by atoms with van der Waals surface area (Å²) < 4.78 is 0. The molecule has 0 unspecified atom stereocenters. The van der Waals surface area contributed by atoms with Crippen LogP contribution in [0.3, 0.4) is 0 Å². The van der Waals surface area contributed by atoms with Gasteiger partial charge in [-0.05, 0) is 17.7 Å². The van der Waals surface area contributed by atoms with Crippen molar-refractivity contribution in [3.63, 3.8) is 0 Å². The van der Waals surface area contributed by atoms with Crippen molar-refractivity contribution < 1.29 is 9.59 Å². The molecule has 1 heterocycles. The standard InChI is InChI=1S/C19H19Cl2N3O2/c20-16-8-4-7-15(17(16)21)18(25)23-9-11-24(12-10-23)19(26)22-13-14-5-2-1-3-6-14/h1-8H,9-13H2,(H,22,26). The lowest BCUT2D eigenvalue weighted by molar-refractivity contribution is 0.0665. The van der Waals surface area contributed by atoms with Crippen molar-refractivity contribution in [3.05, 3.63) is 69.7 Å². The third-order valence-electron chi connectivity index (χ3n) is 4.32. The normalized spacial score (nSPS) is 14.2. The highest BCUT2D eigenvalue weighted by molar-refractivity contribution is 6.43. The second-order valence-electron chi connectivity index (χ2n) is 6.02. The number of urea groups is 1. The van der Waals surface area contributed by atoms with Crippen LogP contribution < -0.4 is 5.32 Å². The van der Waals surface area contributed by atoms with Crippen LogP contribution in [0.5, 0.6) is 0 Å². The van der Waals surface area contributed by atoms with Crippen LogP contribution in [0.25, 0.3) is 0 Å². The molecule has 0 spiro atoms. The predicted molar refractivity (Wildman–Crippen MR) is 103 cm³/mol. The van der Waals surface area contributed by atoms with E-state index in [0.717, 1.165) is 5.56 Å². The first-order valence-corrected chi connectivity index (χ1v) is 9.12. The molecule has 5 nitrogen and oxygen atoms in total. The molecule has 136 valence electrons. The summed E-state index contributed by atoms with van der Waals surface area (Å²) in [5.41, 5.74) is 1.44. The van der Waals surface area contributed by atoms with Crippen molar-refractivity contribution in [2.75, 3.05) is 26.2 Å². The van der Waals surface area contributed by atoms with Gasteiger partial charge >= 0.3 is 6.03 Å². The Hall–Kier alpha value is -2.24. The zero-order valence-corrected chi connectivity index (χ0v) is 15.6. The molecule has 3 rings (SSSR count). The van der Waals surface area contributed by atoms with Crippen molar-refractivity contribution in [2.45, 2.75) is 6.54 Å². The van der Waals surface area contributed by atoms with Gasteiger partial charge in [-0.15, -0.1) is 0 Å². The Balaban J connectivity index is 1.53. The Morgan fingerprint density at radius 1 is 0.885 bits per heavy atom. The lowest BCUT2D eigenvalue weighted by Crippen LogP contribution is -2.53. The van der Waals surface area contributed by atoms with Gasteiger partial charge in [0.2, 0.25) is 0 Å². The summed E-state index contributed by atoms with van der Waals surface area (Å²) in [6.07, 6.45) is 0. The molecule has 0 bridgehead atoms. The zero-order chi connectivity index (χ0) is 18.5. The average Bonchev–Trinajstić information content (AvgIpc) is 2.68. The molecule has 0 saturated carbocycles. The minimum atomic E-state index is -0.165. The van der Waals surface area contributed by atoms with Crippen molar-refractivity contribution >= 4 is 35.1 Å². The van der Waals surface area contributed by atoms with E-state index >= 15 is 0 Å². The molecule has 26 heavy (non-hydrogen) atoms. The van der Waals surface area contributed by atoms with Gasteiger partial charge < -0.3 is 15.1 Å². The maximum Gasteiger partial charge on any atom is 0.317 e. The highest BCUT2D eigenvalue weighted by atomic mass is 35.5. The summed E-state index contributed by atoms with van der Waals surface area (Å²) >= 11 is 12.1. The number of benzene rings is 2. The van der Waals surface area contributed by atoms with E-state index in [0.29, 0.717) is 43.3 Å². The highest BCUT2D eigenvalue weighted by Crippen LogP contribution is 2.26. The van der Waals surface area contributed by atoms with Crippen LogP contribution in [0.4, 0.5) is 4.79 Å². The molecule has 1 saturated heterocycles. The third-order valence-corrected chi connectivity index (χ3v) is 5.14. The van der Waals surface area contributed by atoms with Crippen LogP contribution in [0.1, 0.15) is 15.9 Å². The van der Waals surface area contributed by atoms with E-state index < -0.39 is 0 Å². The van der Waals surface area contributed by atoms with E-state index in [1.165, 1.54) is 0 Å². The molecule has 7 heteroatoms. The number of hydrogen-bond acceptors (Lipinski definition) is 2. The van der Waals surface area contributed by atoms with E-state index in [9.17, 15) is 9.59 Å². The van der Waals surface area contributed by atoms with Gasteiger partial charge in [-0.2, -0.15) is 0 Å². The first kappa shape index (κ1) is 18.5. The number of carbonyl (C=O) groups is 2. The predicted octanol–water partition coefficient (Wildman–Crippen LogP) is 3.66. The molecule has 2 aromatic rings. The fourth-order valence-corrected chi connectivity index (χ4v) is 3.22. The summed E-state index contributed by atoms with van der Waals surface area (Å²) in [5, 5.41) is 3.53. The van der Waals surface area contributed by atoms with Gasteiger partial charge in [-0.3, -0.25) is 4.79 Å². The Kier molecular flexibility index (Phi) is 6.01. The Morgan fingerprint density at radius 2 is 1.54 bits per heavy atom. The monoisotopic (exact) mass is 391 g/mol. The number of nitrogens with zero attached hydrogens (tertiary/aromatic N) is 2. The van der Waals surface area contributed by atoms with E-state index in [1.807, 2.05) is 30.3 Å². The van der Waals surface area contributed by atoms with Crippen molar-refractivity contribution in [3.8, 4) is 0 Å². The largest absolute Gasteiger partial charge is 0.335 e. The molecule has 0 atom stereocenters. The topological polar surface area (TPSA) is 52.7 Å². The van der Waals surface area contributed by atoms with Crippen LogP contribution >= 0.6 is 23.2 Å². The molecule has 3 amide bonds. The second kappa shape index (κ2) is 8.43. The number of hydrogen-bond donors (Lipinski definition) is 1. The molecule has 1 fully saturated rings. The minimum absolute atomic E-state index is 0.123. The van der Waals surface area contributed by atoms with Crippen molar-refractivity contribution in [1.29, 1.82) is 0 Å². The highest BCUT2D eigenvalue weighted by Gasteiger charge is 2.26. The van der Waals surface area contributed by atoms with E-state index in [1.54, 1.807) is 28.0 Å². The Bertz CT molecular complexity index is 791. The summed E-state index contributed by atoms with van der Waals surface area (Å²) in [6, 6.07) is 14.6. The maximum absolute atomic E-state index is 12.6. The van der Waals surface area contributed by atoms with Crippen LogP contribution in [-0.4, -0.2) is 47.9 Å². The van der Waals surface area contributed by atoms with Crippen LogP contribution in [0, 0.1) is 0 Å². The fourth-order valence-electron chi connectivity index (χ4n) is 2.84. The number of halogens is 2. The molecule has 2 aromatic carbocycles. The number of carbonyl (C=O) groups excluding carboxylic acids is 2. The minimum Gasteiger partial charge on any atom is -0.335 e. The number of amides is 3. The van der Waals surface area contributed by atoms with Gasteiger partial charge in [0, 0.05) is 32.7 Å². The van der Waals surface area contributed by atoms with Crippen LogP contribution in [-0.2, 0) is 6.54 Å². The van der Waals surface area contributed by atoms with Gasteiger partial charge in [-0.25, -0.2) is 4.79 Å². The molecule has 0 aromatic heterocycles. The van der Waals surface area contributed by atoms with Crippen molar-refractivity contribution in [2.24, 2.45) is 0 Å². The van der Waals surface area contributed by atoms with E-state index in [-0.39, 0.29) is 17.0 Å². The molecular formula is C19H19Cl2N3O2. The third kappa shape index (κ3) is 4.29. The fraction of sp³-hybridized carbons (Fsp3) is 0.263. The summed E-state index contributed by atoms with van der Waals surface area (Å²) in [6.45, 7) is 2.35. The summed E-state index contributed by atoms with van der Waals surface area (Å²) in [5.74, 6) is -0.165. The van der Waals surface area contributed by atoms with Crippen LogP contribution in [0.15, 0.2) is 48.5 Å². The zero-order valence-electron chi connectivity index (χ0n) is 14.1. The maximum atomic E-state index is 12.6. The second-order valence-corrected chi connectivity index (χ2v) is 6.81. The van der Waals surface area contributed by atoms with E-state index in [2.05, 4.69) is 5.32 Å². The number of nitrogens with one attached hydrogen (secondary N) is 1. The summed E-state index contributed by atoms with van der Waals surface area (Å²) in [7, 11) is 0. The smallest absolute Gasteiger partial charge is 0.317 e. The number of rotatable bonds is 3. The number of piperazine rings is 1. The first-order chi connectivity index (χ1) is 12.6. The van der Waals surface area contributed by atoms with Gasteiger partial charge in [0.05, 0.1) is 15.6 Å². The first-order valence-electron chi connectivity index (χ1n) is 8.36. The quantitative estimate of drug-likeness (QED) is 0.867.